The van der Waals surface area contributed by atoms with Gasteiger partial charge in [-0.1, -0.05) is 19.1 Å². The summed E-state index contributed by atoms with van der Waals surface area (Å²) in [5.41, 5.74) is 1.18. The standard InChI is InChI=1S/C13H17NO2S/c1-3-8-14-12(15)9-17-13(14)10-4-6-11(16-2)7-5-10/h4-7,13H,3,8-9H2,1-2H3. The Balaban J connectivity index is 2.17. The zero-order valence-electron chi connectivity index (χ0n) is 10.2. The molecule has 1 aromatic carbocycles. The van der Waals surface area contributed by atoms with Gasteiger partial charge in [-0.2, -0.15) is 0 Å². The molecule has 3 nitrogen and oxygen atoms in total. The van der Waals surface area contributed by atoms with Crippen molar-refractivity contribution in [3.05, 3.63) is 29.8 Å². The van der Waals surface area contributed by atoms with E-state index < -0.39 is 0 Å². The summed E-state index contributed by atoms with van der Waals surface area (Å²) in [6.45, 7) is 2.93. The molecule has 1 atom stereocenters. The summed E-state index contributed by atoms with van der Waals surface area (Å²) < 4.78 is 5.14. The molecule has 1 aromatic rings. The van der Waals surface area contributed by atoms with E-state index in [0.29, 0.717) is 5.75 Å². The van der Waals surface area contributed by atoms with E-state index in [2.05, 4.69) is 6.92 Å². The average Bonchev–Trinajstić information content (AvgIpc) is 2.72. The van der Waals surface area contributed by atoms with Crippen molar-refractivity contribution in [2.24, 2.45) is 0 Å². The van der Waals surface area contributed by atoms with Crippen molar-refractivity contribution in [2.75, 3.05) is 19.4 Å². The molecule has 0 aliphatic carbocycles. The summed E-state index contributed by atoms with van der Waals surface area (Å²) in [4.78, 5) is 13.7. The Bertz CT molecular complexity index is 391. The second kappa shape index (κ2) is 5.45. The van der Waals surface area contributed by atoms with Gasteiger partial charge in [-0.25, -0.2) is 0 Å². The third kappa shape index (κ3) is 2.57. The van der Waals surface area contributed by atoms with E-state index in [4.69, 9.17) is 4.74 Å². The molecule has 0 spiro atoms. The van der Waals surface area contributed by atoms with Gasteiger partial charge in [0, 0.05) is 6.54 Å². The number of rotatable bonds is 4. The number of nitrogens with zero attached hydrogens (tertiary/aromatic N) is 1. The van der Waals surface area contributed by atoms with E-state index in [9.17, 15) is 4.79 Å². The van der Waals surface area contributed by atoms with E-state index in [1.54, 1.807) is 18.9 Å². The Morgan fingerprint density at radius 3 is 2.71 bits per heavy atom. The fourth-order valence-corrected chi connectivity index (χ4v) is 3.20. The van der Waals surface area contributed by atoms with Gasteiger partial charge in [-0.3, -0.25) is 4.79 Å². The molecule has 1 fully saturated rings. The number of benzene rings is 1. The maximum absolute atomic E-state index is 11.8. The number of methoxy groups -OCH3 is 1. The Kier molecular flexibility index (Phi) is 3.94. The second-order valence-corrected chi connectivity index (χ2v) is 5.09. The van der Waals surface area contributed by atoms with Crippen LogP contribution in [0.1, 0.15) is 24.3 Å². The van der Waals surface area contributed by atoms with E-state index in [0.717, 1.165) is 18.7 Å². The Morgan fingerprint density at radius 1 is 1.41 bits per heavy atom. The van der Waals surface area contributed by atoms with Gasteiger partial charge in [0.05, 0.1) is 12.9 Å². The first kappa shape index (κ1) is 12.3. The van der Waals surface area contributed by atoms with Crippen LogP contribution in [0.4, 0.5) is 0 Å². The smallest absolute Gasteiger partial charge is 0.233 e. The minimum Gasteiger partial charge on any atom is -0.497 e. The van der Waals surface area contributed by atoms with Gasteiger partial charge in [-0.15, -0.1) is 11.8 Å². The SMILES string of the molecule is CCCN1C(=O)CSC1c1ccc(OC)cc1. The van der Waals surface area contributed by atoms with Crippen LogP contribution >= 0.6 is 11.8 Å². The van der Waals surface area contributed by atoms with Crippen molar-refractivity contribution in [3.63, 3.8) is 0 Å². The molecule has 0 radical (unpaired) electrons. The number of ether oxygens (including phenoxy) is 1. The lowest BCUT2D eigenvalue weighted by Gasteiger charge is -2.23. The largest absolute Gasteiger partial charge is 0.497 e. The molecule has 92 valence electrons. The molecule has 1 unspecified atom stereocenters. The Morgan fingerprint density at radius 2 is 2.12 bits per heavy atom. The maximum atomic E-state index is 11.8. The predicted molar refractivity (Wildman–Crippen MR) is 70.2 cm³/mol. The van der Waals surface area contributed by atoms with Gasteiger partial charge in [0.2, 0.25) is 5.91 Å². The maximum Gasteiger partial charge on any atom is 0.233 e. The van der Waals surface area contributed by atoms with Crippen LogP contribution in [0, 0.1) is 0 Å². The van der Waals surface area contributed by atoms with Crippen molar-refractivity contribution in [3.8, 4) is 5.75 Å². The molecule has 0 aromatic heterocycles. The molecular weight excluding hydrogens is 234 g/mol. The van der Waals surface area contributed by atoms with Crippen molar-refractivity contribution < 1.29 is 9.53 Å². The molecule has 1 aliphatic heterocycles. The first-order valence-electron chi connectivity index (χ1n) is 5.81. The summed E-state index contributed by atoms with van der Waals surface area (Å²) in [5, 5.41) is 0.174. The average molecular weight is 251 g/mol. The van der Waals surface area contributed by atoms with E-state index in [-0.39, 0.29) is 11.3 Å². The van der Waals surface area contributed by atoms with Crippen LogP contribution in [0.25, 0.3) is 0 Å². The predicted octanol–water partition coefficient (Wildman–Crippen LogP) is 2.68. The third-order valence-corrected chi connectivity index (χ3v) is 4.09. The van der Waals surface area contributed by atoms with Gasteiger partial charge < -0.3 is 9.64 Å². The summed E-state index contributed by atoms with van der Waals surface area (Å²) in [6.07, 6.45) is 0.999. The summed E-state index contributed by atoms with van der Waals surface area (Å²) in [7, 11) is 1.66. The Labute approximate surface area is 106 Å². The third-order valence-electron chi connectivity index (χ3n) is 2.83. The normalized spacial score (nSPS) is 19.8. The fraction of sp³-hybridized carbons (Fsp3) is 0.462. The summed E-state index contributed by atoms with van der Waals surface area (Å²) in [5.74, 6) is 1.69. The zero-order valence-corrected chi connectivity index (χ0v) is 11.0. The topological polar surface area (TPSA) is 29.5 Å². The molecule has 0 saturated carbocycles. The minimum absolute atomic E-state index is 0.174. The van der Waals surface area contributed by atoms with Gasteiger partial charge >= 0.3 is 0 Å². The van der Waals surface area contributed by atoms with Crippen LogP contribution in [0.5, 0.6) is 5.75 Å². The molecule has 2 rings (SSSR count). The number of hydrogen-bond donors (Lipinski definition) is 0. The highest BCUT2D eigenvalue weighted by Crippen LogP contribution is 2.38. The summed E-state index contributed by atoms with van der Waals surface area (Å²) in [6, 6.07) is 7.97. The molecular formula is C13H17NO2S. The van der Waals surface area contributed by atoms with Crippen molar-refractivity contribution in [1.82, 2.24) is 4.90 Å². The van der Waals surface area contributed by atoms with Crippen molar-refractivity contribution >= 4 is 17.7 Å². The number of thioether (sulfide) groups is 1. The number of carbonyl (C=O) groups is 1. The lowest BCUT2D eigenvalue weighted by Crippen LogP contribution is -2.28. The van der Waals surface area contributed by atoms with Gasteiger partial charge in [-0.05, 0) is 24.1 Å². The van der Waals surface area contributed by atoms with Crippen molar-refractivity contribution in [2.45, 2.75) is 18.7 Å². The fourth-order valence-electron chi connectivity index (χ4n) is 1.98. The second-order valence-electron chi connectivity index (χ2n) is 4.02. The highest BCUT2D eigenvalue weighted by molar-refractivity contribution is 8.00. The minimum atomic E-state index is 0.174. The van der Waals surface area contributed by atoms with Crippen LogP contribution in [0.15, 0.2) is 24.3 Å². The van der Waals surface area contributed by atoms with Crippen LogP contribution in [0.2, 0.25) is 0 Å². The quantitative estimate of drug-likeness (QED) is 0.824. The number of amides is 1. The molecule has 4 heteroatoms. The van der Waals surface area contributed by atoms with E-state index >= 15 is 0 Å². The van der Waals surface area contributed by atoms with Crippen LogP contribution in [-0.2, 0) is 4.79 Å². The Hall–Kier alpha value is -1.16. The van der Waals surface area contributed by atoms with Crippen LogP contribution in [-0.4, -0.2) is 30.2 Å². The first-order chi connectivity index (χ1) is 8.26. The molecule has 1 heterocycles. The lowest BCUT2D eigenvalue weighted by atomic mass is 10.2. The molecule has 17 heavy (non-hydrogen) atoms. The first-order valence-corrected chi connectivity index (χ1v) is 6.86. The number of carbonyl (C=O) groups excluding carboxylic acids is 1. The molecule has 0 N–H and O–H groups in total. The highest BCUT2D eigenvalue weighted by Gasteiger charge is 2.31. The molecule has 1 amide bonds. The molecule has 0 bridgehead atoms. The zero-order chi connectivity index (χ0) is 12.3. The van der Waals surface area contributed by atoms with Gasteiger partial charge in [0.25, 0.3) is 0 Å². The molecule has 1 saturated heterocycles. The van der Waals surface area contributed by atoms with Crippen LogP contribution in [0.3, 0.4) is 0 Å². The molecule has 1 aliphatic rings. The van der Waals surface area contributed by atoms with E-state index in [1.165, 1.54) is 5.56 Å². The van der Waals surface area contributed by atoms with Gasteiger partial charge in [0.1, 0.15) is 11.1 Å². The van der Waals surface area contributed by atoms with E-state index in [1.807, 2.05) is 29.2 Å². The monoisotopic (exact) mass is 251 g/mol. The van der Waals surface area contributed by atoms with Crippen molar-refractivity contribution in [1.29, 1.82) is 0 Å². The summed E-state index contributed by atoms with van der Waals surface area (Å²) >= 11 is 1.70. The lowest BCUT2D eigenvalue weighted by molar-refractivity contribution is -0.128. The number of hydrogen-bond acceptors (Lipinski definition) is 3. The highest BCUT2D eigenvalue weighted by atomic mass is 32.2. The van der Waals surface area contributed by atoms with Gasteiger partial charge in [0.15, 0.2) is 0 Å². The van der Waals surface area contributed by atoms with Crippen LogP contribution < -0.4 is 4.74 Å².